The Bertz CT molecular complexity index is 1090. The van der Waals surface area contributed by atoms with E-state index in [0.717, 1.165) is 10.6 Å². The topological polar surface area (TPSA) is 67.2 Å². The molecule has 0 saturated heterocycles. The molecule has 0 aliphatic rings. The SMILES string of the molecule is CN(C)c1ccc(NC(=O)Cn2cnc3ccccc3c2=O)c(C(F)(F)F)c1. The number of anilines is 2. The number of rotatable bonds is 4. The Balaban J connectivity index is 1.88. The summed E-state index contributed by atoms with van der Waals surface area (Å²) >= 11 is 0. The fraction of sp³-hybridized carbons (Fsp3) is 0.211. The van der Waals surface area contributed by atoms with Crippen LogP contribution in [0, 0.1) is 0 Å². The molecule has 0 spiro atoms. The average molecular weight is 390 g/mol. The predicted octanol–water partition coefficient (Wildman–Crippen LogP) is 3.12. The molecule has 0 aliphatic heterocycles. The monoisotopic (exact) mass is 390 g/mol. The molecule has 3 rings (SSSR count). The molecule has 0 atom stereocenters. The second-order valence-electron chi connectivity index (χ2n) is 6.37. The van der Waals surface area contributed by atoms with Crippen molar-refractivity contribution in [2.75, 3.05) is 24.3 Å². The molecule has 9 heteroatoms. The van der Waals surface area contributed by atoms with Gasteiger partial charge in [0.05, 0.1) is 28.5 Å². The van der Waals surface area contributed by atoms with Crippen LogP contribution in [-0.2, 0) is 17.5 Å². The molecule has 1 N–H and O–H groups in total. The number of alkyl halides is 3. The molecule has 1 amide bonds. The zero-order valence-corrected chi connectivity index (χ0v) is 15.1. The maximum atomic E-state index is 13.4. The van der Waals surface area contributed by atoms with E-state index in [1.54, 1.807) is 38.4 Å². The highest BCUT2D eigenvalue weighted by molar-refractivity contribution is 5.92. The minimum Gasteiger partial charge on any atom is -0.378 e. The number of amides is 1. The van der Waals surface area contributed by atoms with E-state index >= 15 is 0 Å². The summed E-state index contributed by atoms with van der Waals surface area (Å²) < 4.78 is 41.2. The molecule has 0 fully saturated rings. The lowest BCUT2D eigenvalue weighted by molar-refractivity contribution is -0.136. The normalized spacial score (nSPS) is 11.5. The van der Waals surface area contributed by atoms with Gasteiger partial charge in [-0.15, -0.1) is 0 Å². The lowest BCUT2D eigenvalue weighted by Crippen LogP contribution is -2.28. The molecule has 0 bridgehead atoms. The van der Waals surface area contributed by atoms with Gasteiger partial charge < -0.3 is 10.2 Å². The van der Waals surface area contributed by atoms with Crippen molar-refractivity contribution in [1.82, 2.24) is 9.55 Å². The lowest BCUT2D eigenvalue weighted by Gasteiger charge is -2.19. The first-order chi connectivity index (χ1) is 13.2. The minimum absolute atomic E-state index is 0.323. The van der Waals surface area contributed by atoms with Gasteiger partial charge in [-0.25, -0.2) is 4.98 Å². The fourth-order valence-corrected chi connectivity index (χ4v) is 2.72. The van der Waals surface area contributed by atoms with Crippen LogP contribution in [0.25, 0.3) is 10.9 Å². The van der Waals surface area contributed by atoms with E-state index in [1.165, 1.54) is 23.4 Å². The number of benzene rings is 2. The van der Waals surface area contributed by atoms with Gasteiger partial charge in [0.2, 0.25) is 5.91 Å². The van der Waals surface area contributed by atoms with E-state index in [0.29, 0.717) is 16.6 Å². The van der Waals surface area contributed by atoms with Gasteiger partial charge in [0.15, 0.2) is 0 Å². The summed E-state index contributed by atoms with van der Waals surface area (Å²) in [5.41, 5.74) is -0.955. The van der Waals surface area contributed by atoms with Gasteiger partial charge in [-0.3, -0.25) is 14.2 Å². The van der Waals surface area contributed by atoms with Crippen molar-refractivity contribution in [2.45, 2.75) is 12.7 Å². The molecule has 0 aliphatic carbocycles. The van der Waals surface area contributed by atoms with Crippen LogP contribution in [-0.4, -0.2) is 29.6 Å². The van der Waals surface area contributed by atoms with Gasteiger partial charge in [0.1, 0.15) is 6.54 Å². The molecule has 1 heterocycles. The first kappa shape index (κ1) is 19.4. The molecule has 2 aromatic carbocycles. The molecular weight excluding hydrogens is 373 g/mol. The minimum atomic E-state index is -4.64. The van der Waals surface area contributed by atoms with E-state index in [9.17, 15) is 22.8 Å². The summed E-state index contributed by atoms with van der Waals surface area (Å²) in [6.07, 6.45) is -3.44. The highest BCUT2D eigenvalue weighted by atomic mass is 19.4. The number of aromatic nitrogens is 2. The van der Waals surface area contributed by atoms with Crippen molar-refractivity contribution in [1.29, 1.82) is 0 Å². The number of nitrogens with zero attached hydrogens (tertiary/aromatic N) is 3. The third-order valence-electron chi connectivity index (χ3n) is 4.14. The van der Waals surface area contributed by atoms with Crippen molar-refractivity contribution >= 4 is 28.2 Å². The molecule has 6 nitrogen and oxygen atoms in total. The molecule has 3 aromatic rings. The van der Waals surface area contributed by atoms with Crippen LogP contribution in [0.4, 0.5) is 24.5 Å². The number of fused-ring (bicyclic) bond motifs is 1. The molecule has 0 unspecified atom stereocenters. The molecule has 0 saturated carbocycles. The van der Waals surface area contributed by atoms with Crippen LogP contribution in [0.2, 0.25) is 0 Å². The van der Waals surface area contributed by atoms with E-state index in [2.05, 4.69) is 10.3 Å². The van der Waals surface area contributed by atoms with Crippen LogP contribution < -0.4 is 15.8 Å². The fourth-order valence-electron chi connectivity index (χ4n) is 2.72. The standard InChI is InChI=1S/C19H17F3N4O2/c1-25(2)12-7-8-16(14(9-12)19(20,21)22)24-17(27)10-26-11-23-15-6-4-3-5-13(15)18(26)28/h3-9,11H,10H2,1-2H3,(H,24,27). The average Bonchev–Trinajstić information content (AvgIpc) is 2.63. The largest absolute Gasteiger partial charge is 0.418 e. The first-order valence-electron chi connectivity index (χ1n) is 8.29. The smallest absolute Gasteiger partial charge is 0.378 e. The van der Waals surface area contributed by atoms with Crippen LogP contribution in [0.3, 0.4) is 0 Å². The van der Waals surface area contributed by atoms with Crippen LogP contribution in [0.1, 0.15) is 5.56 Å². The van der Waals surface area contributed by atoms with Gasteiger partial charge in [-0.1, -0.05) is 12.1 Å². The summed E-state index contributed by atoms with van der Waals surface area (Å²) in [6, 6.07) is 10.2. The Labute approximate surface area is 158 Å². The Morgan fingerprint density at radius 1 is 1.18 bits per heavy atom. The highest BCUT2D eigenvalue weighted by Gasteiger charge is 2.34. The Kier molecular flexibility index (Phi) is 5.08. The van der Waals surface area contributed by atoms with Gasteiger partial charge in [-0.05, 0) is 30.3 Å². The predicted molar refractivity (Wildman–Crippen MR) is 100 cm³/mol. The zero-order valence-electron chi connectivity index (χ0n) is 15.1. The molecule has 28 heavy (non-hydrogen) atoms. The maximum absolute atomic E-state index is 13.4. The number of halogens is 3. The number of carbonyl (C=O) groups excluding carboxylic acids is 1. The Morgan fingerprint density at radius 3 is 2.57 bits per heavy atom. The maximum Gasteiger partial charge on any atom is 0.418 e. The first-order valence-corrected chi connectivity index (χ1v) is 8.29. The van der Waals surface area contributed by atoms with E-state index in [4.69, 9.17) is 0 Å². The summed E-state index contributed by atoms with van der Waals surface area (Å²) in [5, 5.41) is 2.57. The zero-order chi connectivity index (χ0) is 20.5. The number of para-hydroxylation sites is 1. The van der Waals surface area contributed by atoms with Gasteiger partial charge in [-0.2, -0.15) is 13.2 Å². The quantitative estimate of drug-likeness (QED) is 0.743. The van der Waals surface area contributed by atoms with E-state index < -0.39 is 29.8 Å². The van der Waals surface area contributed by atoms with Gasteiger partial charge in [0.25, 0.3) is 5.56 Å². The van der Waals surface area contributed by atoms with Crippen molar-refractivity contribution in [3.63, 3.8) is 0 Å². The number of hydrogen-bond donors (Lipinski definition) is 1. The van der Waals surface area contributed by atoms with Crippen LogP contribution in [0.5, 0.6) is 0 Å². The van der Waals surface area contributed by atoms with Gasteiger partial charge >= 0.3 is 6.18 Å². The van der Waals surface area contributed by atoms with Crippen molar-refractivity contribution in [2.24, 2.45) is 0 Å². The number of hydrogen-bond acceptors (Lipinski definition) is 4. The second kappa shape index (κ2) is 7.34. The van der Waals surface area contributed by atoms with Crippen LogP contribution in [0.15, 0.2) is 53.6 Å². The van der Waals surface area contributed by atoms with E-state index in [1.807, 2.05) is 0 Å². The lowest BCUT2D eigenvalue weighted by atomic mass is 10.1. The number of nitrogens with one attached hydrogen (secondary N) is 1. The van der Waals surface area contributed by atoms with Gasteiger partial charge in [0, 0.05) is 19.8 Å². The molecule has 0 radical (unpaired) electrons. The second-order valence-corrected chi connectivity index (χ2v) is 6.37. The summed E-state index contributed by atoms with van der Waals surface area (Å²) in [6.45, 7) is -0.455. The number of carbonyl (C=O) groups is 1. The molecule has 146 valence electrons. The van der Waals surface area contributed by atoms with E-state index in [-0.39, 0.29) is 5.69 Å². The summed E-state index contributed by atoms with van der Waals surface area (Å²) in [4.78, 5) is 30.3. The molecule has 1 aromatic heterocycles. The van der Waals surface area contributed by atoms with Crippen molar-refractivity contribution in [3.8, 4) is 0 Å². The van der Waals surface area contributed by atoms with Crippen LogP contribution >= 0.6 is 0 Å². The Morgan fingerprint density at radius 2 is 1.89 bits per heavy atom. The highest BCUT2D eigenvalue weighted by Crippen LogP contribution is 2.37. The van der Waals surface area contributed by atoms with Crippen molar-refractivity contribution < 1.29 is 18.0 Å². The summed E-state index contributed by atoms with van der Waals surface area (Å²) in [7, 11) is 3.24. The third-order valence-corrected chi connectivity index (χ3v) is 4.14. The Hall–Kier alpha value is -3.36. The summed E-state index contributed by atoms with van der Waals surface area (Å²) in [5.74, 6) is -0.762. The van der Waals surface area contributed by atoms with Crippen molar-refractivity contribution in [3.05, 3.63) is 64.7 Å². The molecular formula is C19H17F3N4O2. The third kappa shape index (κ3) is 3.98.